The Labute approximate surface area is 150 Å². The van der Waals surface area contributed by atoms with Gasteiger partial charge in [-0.15, -0.1) is 0 Å². The van der Waals surface area contributed by atoms with Crippen LogP contribution in [0.25, 0.3) is 5.65 Å². The molecule has 1 aromatic carbocycles. The fourth-order valence-corrected chi connectivity index (χ4v) is 3.43. The minimum Gasteiger partial charge on any atom is -0.346 e. The number of sulfone groups is 1. The van der Waals surface area contributed by atoms with E-state index in [9.17, 15) is 13.2 Å². The van der Waals surface area contributed by atoms with Crippen LogP contribution in [-0.2, 0) is 22.1 Å². The van der Waals surface area contributed by atoms with Crippen molar-refractivity contribution in [2.24, 2.45) is 0 Å². The largest absolute Gasteiger partial charge is 0.346 e. The zero-order chi connectivity index (χ0) is 18.0. The Hall–Kier alpha value is -2.38. The number of hydrogen-bond donors (Lipinski definition) is 1. The van der Waals surface area contributed by atoms with Crippen LogP contribution in [0.4, 0.5) is 0 Å². The molecule has 3 rings (SSSR count). The fourth-order valence-electron chi connectivity index (χ4n) is 2.48. The Balaban J connectivity index is 1.70. The van der Waals surface area contributed by atoms with E-state index >= 15 is 0 Å². The molecule has 6 nitrogen and oxygen atoms in total. The standard InChI is InChI=1S/C17H16ClN3O3S/c1-25(23,24)11-12-3-2-4-13(7-12)17(22)19-8-15-10-21-9-14(18)5-6-16(21)20-15/h2-7,9-10H,8,11H2,1H3,(H,19,22). The molecule has 0 aliphatic rings. The maximum absolute atomic E-state index is 12.3. The van der Waals surface area contributed by atoms with Crippen LogP contribution < -0.4 is 5.32 Å². The molecular weight excluding hydrogens is 362 g/mol. The van der Waals surface area contributed by atoms with Crippen LogP contribution in [0, 0.1) is 0 Å². The van der Waals surface area contributed by atoms with Crippen LogP contribution in [0.3, 0.4) is 0 Å². The number of amides is 1. The van der Waals surface area contributed by atoms with Crippen LogP contribution in [-0.4, -0.2) is 30.0 Å². The Morgan fingerprint density at radius 3 is 2.80 bits per heavy atom. The van der Waals surface area contributed by atoms with Crippen molar-refractivity contribution >= 4 is 33.0 Å². The number of carbonyl (C=O) groups excluding carboxylic acids is 1. The van der Waals surface area contributed by atoms with Crippen LogP contribution in [0.2, 0.25) is 5.02 Å². The summed E-state index contributed by atoms with van der Waals surface area (Å²) in [6, 6.07) is 10.1. The van der Waals surface area contributed by atoms with E-state index in [0.717, 1.165) is 11.9 Å². The second kappa shape index (κ2) is 6.85. The predicted octanol–water partition coefficient (Wildman–Crippen LogP) is 2.46. The summed E-state index contributed by atoms with van der Waals surface area (Å²) in [4.78, 5) is 16.7. The van der Waals surface area contributed by atoms with Crippen molar-refractivity contribution in [2.45, 2.75) is 12.3 Å². The number of halogens is 1. The Kier molecular flexibility index (Phi) is 4.78. The van der Waals surface area contributed by atoms with E-state index in [1.807, 2.05) is 0 Å². The highest BCUT2D eigenvalue weighted by molar-refractivity contribution is 7.89. The number of imidazole rings is 1. The highest BCUT2D eigenvalue weighted by Crippen LogP contribution is 2.12. The van der Waals surface area contributed by atoms with Crippen LogP contribution in [0.15, 0.2) is 48.8 Å². The second-order valence-electron chi connectivity index (χ2n) is 5.80. The van der Waals surface area contributed by atoms with Gasteiger partial charge in [-0.05, 0) is 29.8 Å². The fraction of sp³-hybridized carbons (Fsp3) is 0.176. The Morgan fingerprint density at radius 2 is 2.04 bits per heavy atom. The highest BCUT2D eigenvalue weighted by atomic mass is 35.5. The lowest BCUT2D eigenvalue weighted by atomic mass is 10.1. The van der Waals surface area contributed by atoms with Crippen molar-refractivity contribution < 1.29 is 13.2 Å². The molecule has 130 valence electrons. The third-order valence-corrected chi connectivity index (χ3v) is 4.59. The highest BCUT2D eigenvalue weighted by Gasteiger charge is 2.10. The van der Waals surface area contributed by atoms with Gasteiger partial charge >= 0.3 is 0 Å². The first-order valence-corrected chi connectivity index (χ1v) is 9.92. The van der Waals surface area contributed by atoms with Gasteiger partial charge in [-0.2, -0.15) is 0 Å². The average molecular weight is 378 g/mol. The molecule has 1 amide bonds. The molecule has 0 aliphatic heterocycles. The molecule has 0 fully saturated rings. The molecule has 3 aromatic rings. The number of fused-ring (bicyclic) bond motifs is 1. The topological polar surface area (TPSA) is 80.5 Å². The van der Waals surface area contributed by atoms with Gasteiger partial charge in [0, 0.05) is 24.2 Å². The molecular formula is C17H16ClN3O3S. The summed E-state index contributed by atoms with van der Waals surface area (Å²) in [5.74, 6) is -0.383. The number of rotatable bonds is 5. The zero-order valence-electron chi connectivity index (χ0n) is 13.4. The van der Waals surface area contributed by atoms with Gasteiger partial charge in [-0.25, -0.2) is 13.4 Å². The first kappa shape index (κ1) is 17.4. The van der Waals surface area contributed by atoms with Gasteiger partial charge in [0.05, 0.1) is 23.0 Å². The lowest BCUT2D eigenvalue weighted by Crippen LogP contribution is -2.23. The van der Waals surface area contributed by atoms with Gasteiger partial charge in [0.15, 0.2) is 9.84 Å². The molecule has 0 atom stereocenters. The van der Waals surface area contributed by atoms with Gasteiger partial charge in [0.25, 0.3) is 5.91 Å². The smallest absolute Gasteiger partial charge is 0.251 e. The van der Waals surface area contributed by atoms with E-state index in [1.54, 1.807) is 53.2 Å². The predicted molar refractivity (Wildman–Crippen MR) is 96.4 cm³/mol. The number of nitrogens with zero attached hydrogens (tertiary/aromatic N) is 2. The van der Waals surface area contributed by atoms with E-state index in [2.05, 4.69) is 10.3 Å². The summed E-state index contributed by atoms with van der Waals surface area (Å²) in [6.07, 6.45) is 4.70. The van der Waals surface area contributed by atoms with Gasteiger partial charge < -0.3 is 9.72 Å². The number of pyridine rings is 1. The molecule has 8 heteroatoms. The molecule has 0 saturated heterocycles. The molecule has 25 heavy (non-hydrogen) atoms. The minimum absolute atomic E-state index is 0.0959. The number of hydrogen-bond acceptors (Lipinski definition) is 4. The molecule has 0 unspecified atom stereocenters. The summed E-state index contributed by atoms with van der Waals surface area (Å²) in [5, 5.41) is 3.38. The van der Waals surface area contributed by atoms with Crippen molar-refractivity contribution in [2.75, 3.05) is 6.26 Å². The third-order valence-electron chi connectivity index (χ3n) is 3.51. The van der Waals surface area contributed by atoms with E-state index in [1.165, 1.54) is 0 Å². The van der Waals surface area contributed by atoms with E-state index in [-0.39, 0.29) is 18.2 Å². The minimum atomic E-state index is -3.15. The summed E-state index contributed by atoms with van der Waals surface area (Å²) < 4.78 is 24.6. The number of benzene rings is 1. The lowest BCUT2D eigenvalue weighted by Gasteiger charge is -2.05. The molecule has 2 heterocycles. The average Bonchev–Trinajstić information content (AvgIpc) is 2.93. The van der Waals surface area contributed by atoms with Gasteiger partial charge in [-0.3, -0.25) is 4.79 Å². The number of nitrogens with one attached hydrogen (secondary N) is 1. The van der Waals surface area contributed by atoms with Gasteiger partial charge in [-0.1, -0.05) is 23.7 Å². The maximum atomic E-state index is 12.3. The molecule has 0 radical (unpaired) electrons. The van der Waals surface area contributed by atoms with Gasteiger partial charge in [0.2, 0.25) is 0 Å². The Bertz CT molecular complexity index is 1040. The zero-order valence-corrected chi connectivity index (χ0v) is 15.0. The molecule has 0 saturated carbocycles. The maximum Gasteiger partial charge on any atom is 0.251 e. The van der Waals surface area contributed by atoms with Crippen molar-refractivity contribution in [1.29, 1.82) is 0 Å². The number of carbonyl (C=O) groups is 1. The summed E-state index contributed by atoms with van der Waals surface area (Å²) in [7, 11) is -3.15. The normalized spacial score (nSPS) is 11.6. The Morgan fingerprint density at radius 1 is 1.24 bits per heavy atom. The summed E-state index contributed by atoms with van der Waals surface area (Å²) >= 11 is 5.93. The van der Waals surface area contributed by atoms with E-state index < -0.39 is 9.84 Å². The van der Waals surface area contributed by atoms with Crippen molar-refractivity contribution in [3.05, 3.63) is 70.6 Å². The molecule has 2 aromatic heterocycles. The molecule has 0 bridgehead atoms. The van der Waals surface area contributed by atoms with Gasteiger partial charge in [0.1, 0.15) is 5.65 Å². The van der Waals surface area contributed by atoms with Crippen LogP contribution >= 0.6 is 11.6 Å². The van der Waals surface area contributed by atoms with Crippen LogP contribution in [0.5, 0.6) is 0 Å². The first-order valence-electron chi connectivity index (χ1n) is 7.48. The van der Waals surface area contributed by atoms with Crippen LogP contribution in [0.1, 0.15) is 21.6 Å². The molecule has 1 N–H and O–H groups in total. The van der Waals surface area contributed by atoms with E-state index in [0.29, 0.717) is 21.8 Å². The van der Waals surface area contributed by atoms with E-state index in [4.69, 9.17) is 11.6 Å². The monoisotopic (exact) mass is 377 g/mol. The summed E-state index contributed by atoms with van der Waals surface area (Å²) in [6.45, 7) is 0.258. The first-order chi connectivity index (χ1) is 11.8. The SMILES string of the molecule is CS(=O)(=O)Cc1cccc(C(=O)NCc2cn3cc(Cl)ccc3n2)c1. The van der Waals surface area contributed by atoms with Crippen molar-refractivity contribution in [3.8, 4) is 0 Å². The quantitative estimate of drug-likeness (QED) is 0.740. The second-order valence-corrected chi connectivity index (χ2v) is 8.37. The molecule has 0 spiro atoms. The lowest BCUT2D eigenvalue weighted by molar-refractivity contribution is 0.0950. The summed E-state index contributed by atoms with van der Waals surface area (Å²) in [5.41, 5.74) is 2.43. The van der Waals surface area contributed by atoms with Crippen molar-refractivity contribution in [3.63, 3.8) is 0 Å². The third kappa shape index (κ3) is 4.58. The molecule has 0 aliphatic carbocycles. The van der Waals surface area contributed by atoms with Crippen molar-refractivity contribution in [1.82, 2.24) is 14.7 Å². The number of aromatic nitrogens is 2.